The second-order valence-corrected chi connectivity index (χ2v) is 3.96. The van der Waals surface area contributed by atoms with Gasteiger partial charge < -0.3 is 10.1 Å². The first kappa shape index (κ1) is 11.1. The number of nitrogens with one attached hydrogen (secondary N) is 1. The highest BCUT2D eigenvalue weighted by atomic mass is 16.5. The predicted molar refractivity (Wildman–Crippen MR) is 59.6 cm³/mol. The lowest BCUT2D eigenvalue weighted by Crippen LogP contribution is -2.36. The molecule has 0 spiro atoms. The van der Waals surface area contributed by atoms with Crippen LogP contribution in [0.15, 0.2) is 18.3 Å². The summed E-state index contributed by atoms with van der Waals surface area (Å²) in [6.07, 6.45) is 3.96. The number of aromatic nitrogens is 1. The van der Waals surface area contributed by atoms with E-state index in [1.807, 2.05) is 18.2 Å². The molecule has 1 unspecified atom stereocenters. The maximum atomic E-state index is 8.73. The van der Waals surface area contributed by atoms with Crippen LogP contribution in [0, 0.1) is 11.3 Å². The average Bonchev–Trinajstić information content (AvgIpc) is 2.38. The van der Waals surface area contributed by atoms with Gasteiger partial charge in [-0.1, -0.05) is 0 Å². The summed E-state index contributed by atoms with van der Waals surface area (Å²) in [5.41, 5.74) is 1.57. The van der Waals surface area contributed by atoms with E-state index >= 15 is 0 Å². The van der Waals surface area contributed by atoms with Gasteiger partial charge in [-0.3, -0.25) is 0 Å². The van der Waals surface area contributed by atoms with Crippen molar-refractivity contribution in [1.82, 2.24) is 10.3 Å². The Hall–Kier alpha value is -1.44. The zero-order chi connectivity index (χ0) is 11.2. The zero-order valence-electron chi connectivity index (χ0n) is 9.15. The maximum Gasteiger partial charge on any atom is 0.140 e. The third kappa shape index (κ3) is 3.02. The number of rotatable bonds is 3. The number of nitrogens with zero attached hydrogens (tertiary/aromatic N) is 2. The molecule has 4 heteroatoms. The molecule has 1 atom stereocenters. The van der Waals surface area contributed by atoms with Crippen LogP contribution in [-0.4, -0.2) is 24.2 Å². The molecule has 1 fully saturated rings. The van der Waals surface area contributed by atoms with Crippen molar-refractivity contribution in [2.75, 3.05) is 13.2 Å². The standard InChI is InChI=1S/C12H15N3O/c13-7-12-6-10(3-4-14-12)8-15-11-2-1-5-16-9-11/h3-4,6,11,15H,1-2,5,8-9H2. The van der Waals surface area contributed by atoms with Crippen molar-refractivity contribution in [2.45, 2.75) is 25.4 Å². The SMILES string of the molecule is N#Cc1cc(CNC2CCCOC2)ccn1. The lowest BCUT2D eigenvalue weighted by atomic mass is 10.1. The maximum absolute atomic E-state index is 8.73. The van der Waals surface area contributed by atoms with Crippen LogP contribution < -0.4 is 5.32 Å². The Labute approximate surface area is 95.3 Å². The Balaban J connectivity index is 1.86. The van der Waals surface area contributed by atoms with Gasteiger partial charge in [0.05, 0.1) is 6.61 Å². The molecular weight excluding hydrogens is 202 g/mol. The van der Waals surface area contributed by atoms with Crippen LogP contribution in [0.2, 0.25) is 0 Å². The topological polar surface area (TPSA) is 57.9 Å². The zero-order valence-corrected chi connectivity index (χ0v) is 9.15. The minimum absolute atomic E-state index is 0.437. The smallest absolute Gasteiger partial charge is 0.140 e. The fourth-order valence-electron chi connectivity index (χ4n) is 1.81. The Bertz CT molecular complexity index is 380. The summed E-state index contributed by atoms with van der Waals surface area (Å²) >= 11 is 0. The Kier molecular flexibility index (Phi) is 3.86. The molecule has 16 heavy (non-hydrogen) atoms. The number of hydrogen-bond acceptors (Lipinski definition) is 4. The summed E-state index contributed by atoms with van der Waals surface area (Å²) in [4.78, 5) is 3.94. The van der Waals surface area contributed by atoms with Crippen molar-refractivity contribution < 1.29 is 4.74 Å². The summed E-state index contributed by atoms with van der Waals surface area (Å²) < 4.78 is 5.39. The van der Waals surface area contributed by atoms with Crippen molar-refractivity contribution in [1.29, 1.82) is 5.26 Å². The largest absolute Gasteiger partial charge is 0.380 e. The molecule has 0 aliphatic carbocycles. The van der Waals surface area contributed by atoms with Crippen LogP contribution in [0.4, 0.5) is 0 Å². The molecule has 2 heterocycles. The second kappa shape index (κ2) is 5.59. The first-order valence-corrected chi connectivity index (χ1v) is 5.54. The Morgan fingerprint density at radius 2 is 2.56 bits per heavy atom. The van der Waals surface area contributed by atoms with Gasteiger partial charge in [0.25, 0.3) is 0 Å². The minimum Gasteiger partial charge on any atom is -0.380 e. The summed E-state index contributed by atoms with van der Waals surface area (Å²) in [6.45, 7) is 2.44. The number of nitriles is 1. The average molecular weight is 217 g/mol. The van der Waals surface area contributed by atoms with Crippen molar-refractivity contribution in [2.24, 2.45) is 0 Å². The molecule has 1 aromatic heterocycles. The molecule has 4 nitrogen and oxygen atoms in total. The van der Waals surface area contributed by atoms with E-state index in [9.17, 15) is 0 Å². The Morgan fingerprint density at radius 3 is 3.31 bits per heavy atom. The number of ether oxygens (including phenoxy) is 1. The molecule has 1 aliphatic heterocycles. The third-order valence-electron chi connectivity index (χ3n) is 2.69. The quantitative estimate of drug-likeness (QED) is 0.827. The molecule has 0 amide bonds. The highest BCUT2D eigenvalue weighted by Gasteiger charge is 2.12. The lowest BCUT2D eigenvalue weighted by molar-refractivity contribution is 0.0699. The van der Waals surface area contributed by atoms with E-state index in [1.54, 1.807) is 6.20 Å². The highest BCUT2D eigenvalue weighted by molar-refractivity contribution is 5.25. The molecule has 0 radical (unpaired) electrons. The first-order chi connectivity index (χ1) is 7.88. The van der Waals surface area contributed by atoms with Gasteiger partial charge in [0, 0.05) is 25.4 Å². The van der Waals surface area contributed by atoms with E-state index in [-0.39, 0.29) is 0 Å². The summed E-state index contributed by atoms with van der Waals surface area (Å²) in [6, 6.07) is 6.22. The number of hydrogen-bond donors (Lipinski definition) is 1. The summed E-state index contributed by atoms with van der Waals surface area (Å²) in [5.74, 6) is 0. The highest BCUT2D eigenvalue weighted by Crippen LogP contribution is 2.07. The van der Waals surface area contributed by atoms with E-state index in [2.05, 4.69) is 10.3 Å². The minimum atomic E-state index is 0.437. The molecule has 0 saturated carbocycles. The molecule has 1 aromatic rings. The summed E-state index contributed by atoms with van der Waals surface area (Å²) in [5, 5.41) is 12.2. The van der Waals surface area contributed by atoms with Gasteiger partial charge in [-0.25, -0.2) is 4.98 Å². The van der Waals surface area contributed by atoms with Crippen LogP contribution in [0.1, 0.15) is 24.1 Å². The molecule has 1 saturated heterocycles. The van der Waals surface area contributed by atoms with Gasteiger partial charge in [-0.2, -0.15) is 5.26 Å². The van der Waals surface area contributed by atoms with Crippen molar-refractivity contribution in [3.8, 4) is 6.07 Å². The molecule has 2 rings (SSSR count). The molecule has 0 bridgehead atoms. The molecule has 1 N–H and O–H groups in total. The fourth-order valence-corrected chi connectivity index (χ4v) is 1.81. The van der Waals surface area contributed by atoms with Gasteiger partial charge in [0.2, 0.25) is 0 Å². The number of pyridine rings is 1. The van der Waals surface area contributed by atoms with E-state index in [0.717, 1.165) is 38.2 Å². The normalized spacial score (nSPS) is 20.3. The van der Waals surface area contributed by atoms with Crippen LogP contribution in [0.3, 0.4) is 0 Å². The second-order valence-electron chi connectivity index (χ2n) is 3.96. The van der Waals surface area contributed by atoms with E-state index in [4.69, 9.17) is 10.00 Å². The van der Waals surface area contributed by atoms with Gasteiger partial charge in [0.15, 0.2) is 0 Å². The lowest BCUT2D eigenvalue weighted by Gasteiger charge is -2.23. The monoisotopic (exact) mass is 217 g/mol. The summed E-state index contributed by atoms with van der Waals surface area (Å²) in [7, 11) is 0. The molecule has 1 aliphatic rings. The Morgan fingerprint density at radius 1 is 1.62 bits per heavy atom. The van der Waals surface area contributed by atoms with Crippen molar-refractivity contribution in [3.05, 3.63) is 29.6 Å². The molecular formula is C12H15N3O. The van der Waals surface area contributed by atoms with E-state index in [1.165, 1.54) is 0 Å². The van der Waals surface area contributed by atoms with Crippen LogP contribution >= 0.6 is 0 Å². The predicted octanol–water partition coefficient (Wildman–Crippen LogP) is 1.22. The van der Waals surface area contributed by atoms with E-state index < -0.39 is 0 Å². The fraction of sp³-hybridized carbons (Fsp3) is 0.500. The van der Waals surface area contributed by atoms with Gasteiger partial charge >= 0.3 is 0 Å². The molecule has 84 valence electrons. The molecule has 0 aromatic carbocycles. The van der Waals surface area contributed by atoms with Crippen molar-refractivity contribution >= 4 is 0 Å². The van der Waals surface area contributed by atoms with Gasteiger partial charge in [0.1, 0.15) is 11.8 Å². The van der Waals surface area contributed by atoms with Crippen molar-refractivity contribution in [3.63, 3.8) is 0 Å². The third-order valence-corrected chi connectivity index (χ3v) is 2.69. The first-order valence-electron chi connectivity index (χ1n) is 5.54. The van der Waals surface area contributed by atoms with E-state index in [0.29, 0.717) is 11.7 Å². The van der Waals surface area contributed by atoms with Crippen LogP contribution in [0.25, 0.3) is 0 Å². The van der Waals surface area contributed by atoms with Gasteiger partial charge in [-0.15, -0.1) is 0 Å². The van der Waals surface area contributed by atoms with Crippen LogP contribution in [-0.2, 0) is 11.3 Å². The van der Waals surface area contributed by atoms with Gasteiger partial charge in [-0.05, 0) is 30.5 Å². The van der Waals surface area contributed by atoms with Crippen LogP contribution in [0.5, 0.6) is 0 Å².